The van der Waals surface area contributed by atoms with Crippen LogP contribution in [0.1, 0.15) is 140 Å². The molecule has 3 aromatic rings. The van der Waals surface area contributed by atoms with E-state index in [1.807, 2.05) is 96.2 Å². The van der Waals surface area contributed by atoms with Gasteiger partial charge < -0.3 is 53.7 Å². The summed E-state index contributed by atoms with van der Waals surface area (Å²) in [7, 11) is -1.23. The molecule has 0 saturated carbocycles. The molecular formula is C46H78B3BrCs2N6O15. The van der Waals surface area contributed by atoms with Crippen LogP contribution in [-0.4, -0.2) is 133 Å². The first kappa shape index (κ1) is 73.0. The smallest absolute Gasteiger partial charge is 1.00 e. The molecule has 0 aromatic carbocycles. The maximum Gasteiger partial charge on any atom is 1.00 e. The van der Waals surface area contributed by atoms with Gasteiger partial charge in [0, 0.05) is 53.6 Å². The second-order valence-corrected chi connectivity index (χ2v) is 22.8. The van der Waals surface area contributed by atoms with Gasteiger partial charge in [0.05, 0.1) is 65.9 Å². The number of nitrogens with zero attached hydrogens (tertiary/aromatic N) is 5. The van der Waals surface area contributed by atoms with Gasteiger partial charge in [0.2, 0.25) is 0 Å². The fourth-order valence-corrected chi connectivity index (χ4v) is 6.15. The van der Waals surface area contributed by atoms with E-state index in [0.29, 0.717) is 26.4 Å². The molecule has 400 valence electrons. The number of aromatic nitrogens is 6. The third-order valence-corrected chi connectivity index (χ3v) is 13.0. The van der Waals surface area contributed by atoms with Gasteiger partial charge in [-0.15, -0.1) is 0 Å². The number of aromatic amines is 1. The molecule has 1 unspecified atom stereocenters. The average Bonchev–Trinajstić information content (AvgIpc) is 4.12. The molecule has 3 aliphatic rings. The van der Waals surface area contributed by atoms with Crippen molar-refractivity contribution in [3.8, 4) is 0 Å². The van der Waals surface area contributed by atoms with Crippen LogP contribution in [0.5, 0.6) is 0 Å². The Kier molecular flexibility index (Phi) is 30.6. The molecule has 6 rings (SSSR count). The van der Waals surface area contributed by atoms with E-state index in [1.54, 1.807) is 88.8 Å². The van der Waals surface area contributed by atoms with Gasteiger partial charge in [-0.05, 0) is 132 Å². The van der Waals surface area contributed by atoms with Crippen LogP contribution in [0.25, 0.3) is 0 Å². The minimum Gasteiger partial charge on any atom is -1.00 e. The summed E-state index contributed by atoms with van der Waals surface area (Å²) in [5.74, 6) is -0.996. The maximum atomic E-state index is 12.1. The fraction of sp³-hybridized carbons (Fsp3) is 0.717. The number of hydrogen-bond acceptors (Lipinski definition) is 18. The van der Waals surface area contributed by atoms with Gasteiger partial charge in [0.25, 0.3) is 6.47 Å². The van der Waals surface area contributed by atoms with Crippen LogP contribution in [0.4, 0.5) is 0 Å². The number of ether oxygens (including phenoxy) is 3. The summed E-state index contributed by atoms with van der Waals surface area (Å²) in [6, 6.07) is 0. The number of alkyl halides is 1. The third-order valence-electron chi connectivity index (χ3n) is 12.6. The monoisotopic (exact) mass is 1330 g/mol. The molecule has 0 amide bonds. The summed E-state index contributed by atoms with van der Waals surface area (Å²) in [4.78, 5) is 45.8. The first-order valence-electron chi connectivity index (χ1n) is 23.5. The number of H-pyrrole nitrogens is 1. The maximum absolute atomic E-state index is 12.1. The first-order valence-corrected chi connectivity index (χ1v) is 24.3. The standard InChI is InChI=1S/2C15H25BN2O4.C9H15BN2O2.C6H11BrO2.CH2O3.2Cs.H/c1-8-20-12(19)13(2,3)18-10-11(9-17-18)16-21-14(4,5)15(6,7)22-16;1-7-20-13(19)11(2)9-18-10-12(8-17-18)16-21-14(3,4)15(5,6)22-16;1-8(2)9(3,4)14-10(13-8)7-5-11-12-6-7;1-4-9-5(8)6(2,3)7;2-1-4-3;;;/h9-10H,8H2,1-7H3;8,10-11H,7,9H2,1-6H3;5-6H,1-4H3,(H,11,12);4H2,1-3H3;1,3H;;;/q;;;;;2*+1;-1/p-1. The van der Waals surface area contributed by atoms with Crippen molar-refractivity contribution < 1.29 is 211 Å². The topological polar surface area (TPSA) is 248 Å². The van der Waals surface area contributed by atoms with Gasteiger partial charge in [-0.1, -0.05) is 22.9 Å². The summed E-state index contributed by atoms with van der Waals surface area (Å²) in [5.41, 5.74) is -0.431. The molecule has 73 heavy (non-hydrogen) atoms. The second kappa shape index (κ2) is 30.6. The Morgan fingerprint density at radius 2 is 1.05 bits per heavy atom. The molecule has 6 heterocycles. The molecule has 3 aliphatic heterocycles. The molecule has 0 aliphatic carbocycles. The summed E-state index contributed by atoms with van der Waals surface area (Å²) < 4.78 is 53.2. The van der Waals surface area contributed by atoms with Crippen molar-refractivity contribution in [3.05, 3.63) is 37.2 Å². The number of rotatable bonds is 13. The molecule has 1 atom stereocenters. The van der Waals surface area contributed by atoms with Crippen LogP contribution >= 0.6 is 15.9 Å². The van der Waals surface area contributed by atoms with Crippen molar-refractivity contribution >= 4 is 78.1 Å². The Morgan fingerprint density at radius 1 is 0.685 bits per heavy atom. The quantitative estimate of drug-likeness (QED) is 0.0365. The van der Waals surface area contributed by atoms with E-state index in [2.05, 4.69) is 41.2 Å². The predicted octanol–water partition coefficient (Wildman–Crippen LogP) is -2.15. The van der Waals surface area contributed by atoms with Crippen molar-refractivity contribution in [2.24, 2.45) is 5.92 Å². The second-order valence-electron chi connectivity index (χ2n) is 20.8. The molecule has 1 N–H and O–H groups in total. The largest absolute Gasteiger partial charge is 1.00 e. The van der Waals surface area contributed by atoms with E-state index < -0.39 is 35.3 Å². The minimum absolute atomic E-state index is 0. The molecule has 0 bridgehead atoms. The Bertz CT molecular complexity index is 2130. The van der Waals surface area contributed by atoms with Crippen LogP contribution in [-0.2, 0) is 78.3 Å². The van der Waals surface area contributed by atoms with E-state index in [0.717, 1.165) is 16.4 Å². The van der Waals surface area contributed by atoms with Crippen LogP contribution in [0.15, 0.2) is 37.2 Å². The zero-order valence-electron chi connectivity index (χ0n) is 48.4. The summed E-state index contributed by atoms with van der Waals surface area (Å²) in [6.45, 7) is 39.9. The Balaban J connectivity index is 0. The molecular weight excluding hydrogens is 1250 g/mol. The Hall–Kier alpha value is 0.00870. The Labute approximate surface area is 561 Å². The van der Waals surface area contributed by atoms with Gasteiger partial charge in [-0.2, -0.15) is 15.3 Å². The van der Waals surface area contributed by atoms with Crippen LogP contribution in [0, 0.1) is 5.92 Å². The van der Waals surface area contributed by atoms with Crippen LogP contribution in [0.2, 0.25) is 0 Å². The van der Waals surface area contributed by atoms with E-state index in [4.69, 9.17) is 52.2 Å². The molecule has 27 heteroatoms. The molecule has 0 spiro atoms. The van der Waals surface area contributed by atoms with E-state index in [1.165, 1.54) is 0 Å². The molecule has 21 nitrogen and oxygen atoms in total. The minimum atomic E-state index is -0.877. The number of nitrogens with one attached hydrogen (secondary N) is 1. The summed E-state index contributed by atoms with van der Waals surface area (Å²) >= 11 is 3.17. The zero-order chi connectivity index (χ0) is 54.6. The van der Waals surface area contributed by atoms with Gasteiger partial charge in [-0.3, -0.25) is 28.8 Å². The van der Waals surface area contributed by atoms with Gasteiger partial charge in [-0.25, -0.2) is 4.79 Å². The zero-order valence-corrected chi connectivity index (χ0v) is 61.6. The summed E-state index contributed by atoms with van der Waals surface area (Å²) in [5, 5.41) is 23.6. The van der Waals surface area contributed by atoms with E-state index in [9.17, 15) is 14.4 Å². The fourth-order valence-electron chi connectivity index (χ4n) is 6.04. The molecule has 0 radical (unpaired) electrons. The van der Waals surface area contributed by atoms with E-state index in [-0.39, 0.29) is 199 Å². The first-order chi connectivity index (χ1) is 32.5. The van der Waals surface area contributed by atoms with Gasteiger partial charge in [0.1, 0.15) is 4.32 Å². The van der Waals surface area contributed by atoms with Crippen LogP contribution < -0.4 is 159 Å². The third kappa shape index (κ3) is 20.9. The molecule has 3 aromatic heterocycles. The van der Waals surface area contributed by atoms with E-state index >= 15 is 0 Å². The summed E-state index contributed by atoms with van der Waals surface area (Å²) in [6.07, 6.45) is 10.5. The number of halogens is 1. The molecule has 3 fully saturated rings. The number of esters is 3. The average molecular weight is 1330 g/mol. The number of carbonyl (C=O) groups excluding carboxylic acids is 4. The van der Waals surface area contributed by atoms with Gasteiger partial charge in [0.15, 0.2) is 5.54 Å². The molecule has 3 saturated heterocycles. The van der Waals surface area contributed by atoms with Crippen molar-refractivity contribution in [1.29, 1.82) is 0 Å². The van der Waals surface area contributed by atoms with Crippen molar-refractivity contribution in [2.75, 3.05) is 19.8 Å². The normalized spacial score (nSPS) is 18.7. The predicted molar refractivity (Wildman–Crippen MR) is 270 cm³/mol. The number of carbonyl (C=O) groups is 4. The van der Waals surface area contributed by atoms with Crippen molar-refractivity contribution in [1.82, 2.24) is 29.8 Å². The van der Waals surface area contributed by atoms with Crippen LogP contribution in [0.3, 0.4) is 0 Å². The SMILES string of the molecule is CC1(C)OB(c2cn[nH]c2)OC1(C)C.CCOC(=O)C(C)(C)Br.CCOC(=O)C(C)(C)n1cc(B2OC(C)(C)C(C)(C)O2)cn1.CCOC(=O)C(C)Cn1cc(B2OC(C)(C)C(C)(C)O2)cn1.O=CO[O-].[Cs+].[Cs+].[H-]. The number of hydrogen-bond donors (Lipinski definition) is 1. The van der Waals surface area contributed by atoms with Crippen molar-refractivity contribution in [2.45, 2.75) is 188 Å². The van der Waals surface area contributed by atoms with Crippen molar-refractivity contribution in [3.63, 3.8) is 0 Å². The Morgan fingerprint density at radius 3 is 1.40 bits per heavy atom. The van der Waals surface area contributed by atoms with Gasteiger partial charge >= 0.3 is 177 Å².